The minimum absolute atomic E-state index is 0.688. The van der Waals surface area contributed by atoms with Gasteiger partial charge in [-0.05, 0) is 74.2 Å². The predicted molar refractivity (Wildman–Crippen MR) is 74.5 cm³/mol. The Morgan fingerprint density at radius 2 is 1.89 bits per heavy atom. The van der Waals surface area contributed by atoms with E-state index in [-0.39, 0.29) is 0 Å². The molecule has 2 aliphatic rings. The molecule has 1 N–H and O–H groups in total. The zero-order chi connectivity index (χ0) is 12.4. The fourth-order valence-corrected chi connectivity index (χ4v) is 3.51. The topological polar surface area (TPSA) is 21.3 Å². The van der Waals surface area contributed by atoms with E-state index in [0.717, 1.165) is 13.1 Å². The van der Waals surface area contributed by atoms with Crippen LogP contribution in [0.25, 0.3) is 0 Å². The first-order chi connectivity index (χ1) is 8.90. The molecule has 1 aliphatic heterocycles. The maximum absolute atomic E-state index is 5.78. The van der Waals surface area contributed by atoms with E-state index in [0.29, 0.717) is 5.92 Å². The average Bonchev–Trinajstić information content (AvgIpc) is 2.47. The Morgan fingerprint density at radius 1 is 1.11 bits per heavy atom. The number of methoxy groups -OCH3 is 1. The number of rotatable bonds is 2. The molecule has 1 aromatic rings. The average molecular weight is 245 g/mol. The second-order valence-electron chi connectivity index (χ2n) is 5.56. The van der Waals surface area contributed by atoms with Gasteiger partial charge in [0.15, 0.2) is 0 Å². The van der Waals surface area contributed by atoms with Crippen LogP contribution in [-0.4, -0.2) is 20.2 Å². The number of hydrogen-bond donors (Lipinski definition) is 1. The Morgan fingerprint density at radius 3 is 2.67 bits per heavy atom. The molecular formula is C16H23NO. The van der Waals surface area contributed by atoms with Crippen molar-refractivity contribution in [3.05, 3.63) is 28.8 Å². The van der Waals surface area contributed by atoms with Gasteiger partial charge in [0.2, 0.25) is 0 Å². The van der Waals surface area contributed by atoms with Crippen LogP contribution in [0.5, 0.6) is 5.75 Å². The van der Waals surface area contributed by atoms with Crippen molar-refractivity contribution in [3.63, 3.8) is 0 Å². The number of aryl methyl sites for hydroxylation is 1. The van der Waals surface area contributed by atoms with Crippen LogP contribution in [0, 0.1) is 0 Å². The van der Waals surface area contributed by atoms with Crippen LogP contribution in [0.4, 0.5) is 0 Å². The molecule has 0 saturated carbocycles. The molecule has 1 saturated heterocycles. The summed E-state index contributed by atoms with van der Waals surface area (Å²) in [5.74, 6) is 1.90. The molecule has 98 valence electrons. The third kappa shape index (κ3) is 2.14. The molecule has 1 aliphatic carbocycles. The maximum Gasteiger partial charge on any atom is 0.125 e. The quantitative estimate of drug-likeness (QED) is 0.864. The molecule has 0 atom stereocenters. The number of piperidine rings is 1. The van der Waals surface area contributed by atoms with Gasteiger partial charge in [-0.1, -0.05) is 12.1 Å². The van der Waals surface area contributed by atoms with E-state index in [2.05, 4.69) is 17.4 Å². The highest BCUT2D eigenvalue weighted by Crippen LogP contribution is 2.39. The predicted octanol–water partition coefficient (Wildman–Crippen LogP) is 3.04. The third-order valence-electron chi connectivity index (χ3n) is 4.49. The van der Waals surface area contributed by atoms with Gasteiger partial charge >= 0.3 is 0 Å². The van der Waals surface area contributed by atoms with Gasteiger partial charge < -0.3 is 10.1 Å². The molecule has 0 aromatic heterocycles. The first kappa shape index (κ1) is 12.0. The fourth-order valence-electron chi connectivity index (χ4n) is 3.51. The summed E-state index contributed by atoms with van der Waals surface area (Å²) in [6, 6.07) is 4.69. The summed E-state index contributed by atoms with van der Waals surface area (Å²) in [7, 11) is 1.84. The summed E-state index contributed by atoms with van der Waals surface area (Å²) in [6.07, 6.45) is 7.59. The van der Waals surface area contributed by atoms with Crippen molar-refractivity contribution >= 4 is 0 Å². The van der Waals surface area contributed by atoms with Gasteiger partial charge in [0.1, 0.15) is 5.75 Å². The molecule has 0 radical (unpaired) electrons. The lowest BCUT2D eigenvalue weighted by atomic mass is 9.83. The van der Waals surface area contributed by atoms with Crippen molar-refractivity contribution in [1.29, 1.82) is 0 Å². The SMILES string of the molecule is COc1c(C2CCNCC2)ccc2c1CCCC2. The lowest BCUT2D eigenvalue weighted by Crippen LogP contribution is -2.27. The Hall–Kier alpha value is -1.02. The third-order valence-corrected chi connectivity index (χ3v) is 4.49. The van der Waals surface area contributed by atoms with E-state index in [1.54, 1.807) is 0 Å². The van der Waals surface area contributed by atoms with Crippen molar-refractivity contribution in [2.75, 3.05) is 20.2 Å². The van der Waals surface area contributed by atoms with Crippen LogP contribution in [0.2, 0.25) is 0 Å². The Balaban J connectivity index is 1.98. The lowest BCUT2D eigenvalue weighted by Gasteiger charge is -2.28. The van der Waals surface area contributed by atoms with Crippen molar-refractivity contribution in [2.24, 2.45) is 0 Å². The fraction of sp³-hybridized carbons (Fsp3) is 0.625. The monoisotopic (exact) mass is 245 g/mol. The zero-order valence-corrected chi connectivity index (χ0v) is 11.3. The number of hydrogen-bond acceptors (Lipinski definition) is 2. The van der Waals surface area contributed by atoms with Crippen molar-refractivity contribution in [3.8, 4) is 5.75 Å². The van der Waals surface area contributed by atoms with Gasteiger partial charge in [0.25, 0.3) is 0 Å². The van der Waals surface area contributed by atoms with Crippen LogP contribution in [0.3, 0.4) is 0 Å². The minimum Gasteiger partial charge on any atom is -0.496 e. The number of benzene rings is 1. The number of fused-ring (bicyclic) bond motifs is 1. The standard InChI is InChI=1S/C16H23NO/c1-18-16-14-5-3-2-4-12(14)6-7-15(16)13-8-10-17-11-9-13/h6-7,13,17H,2-5,8-11H2,1H3. The van der Waals surface area contributed by atoms with E-state index in [4.69, 9.17) is 4.74 Å². The van der Waals surface area contributed by atoms with E-state index in [1.807, 2.05) is 7.11 Å². The number of ether oxygens (including phenoxy) is 1. The second-order valence-corrected chi connectivity index (χ2v) is 5.56. The molecule has 1 heterocycles. The highest BCUT2D eigenvalue weighted by atomic mass is 16.5. The van der Waals surface area contributed by atoms with Gasteiger partial charge in [-0.15, -0.1) is 0 Å². The summed E-state index contributed by atoms with van der Waals surface area (Å²) in [5.41, 5.74) is 4.48. The Labute approximate surface area is 110 Å². The highest BCUT2D eigenvalue weighted by molar-refractivity contribution is 5.49. The summed E-state index contributed by atoms with van der Waals surface area (Å²) in [6.45, 7) is 2.29. The maximum atomic E-state index is 5.78. The molecule has 0 amide bonds. The molecule has 18 heavy (non-hydrogen) atoms. The molecule has 3 rings (SSSR count). The van der Waals surface area contributed by atoms with Crippen LogP contribution in [0.1, 0.15) is 48.3 Å². The molecule has 1 fully saturated rings. The highest BCUT2D eigenvalue weighted by Gasteiger charge is 2.23. The van der Waals surface area contributed by atoms with Crippen molar-refractivity contribution in [1.82, 2.24) is 5.32 Å². The largest absolute Gasteiger partial charge is 0.496 e. The minimum atomic E-state index is 0.688. The Kier molecular flexibility index (Phi) is 3.55. The van der Waals surface area contributed by atoms with Crippen LogP contribution in [-0.2, 0) is 12.8 Å². The summed E-state index contributed by atoms with van der Waals surface area (Å²) < 4.78 is 5.78. The summed E-state index contributed by atoms with van der Waals surface area (Å²) in [4.78, 5) is 0. The van der Waals surface area contributed by atoms with Gasteiger partial charge in [-0.2, -0.15) is 0 Å². The first-order valence-electron chi connectivity index (χ1n) is 7.29. The zero-order valence-electron chi connectivity index (χ0n) is 11.3. The van der Waals surface area contributed by atoms with Crippen molar-refractivity contribution < 1.29 is 4.74 Å². The molecule has 0 bridgehead atoms. The van der Waals surface area contributed by atoms with Gasteiger partial charge in [0.05, 0.1) is 7.11 Å². The van der Waals surface area contributed by atoms with Gasteiger partial charge in [0, 0.05) is 0 Å². The van der Waals surface area contributed by atoms with Crippen LogP contribution in [0.15, 0.2) is 12.1 Å². The lowest BCUT2D eigenvalue weighted by molar-refractivity contribution is 0.384. The molecule has 2 heteroatoms. The van der Waals surface area contributed by atoms with E-state index < -0.39 is 0 Å². The number of nitrogens with one attached hydrogen (secondary N) is 1. The second kappa shape index (κ2) is 5.31. The van der Waals surface area contributed by atoms with E-state index in [1.165, 1.54) is 61.0 Å². The molecule has 0 spiro atoms. The molecule has 0 unspecified atom stereocenters. The van der Waals surface area contributed by atoms with Gasteiger partial charge in [-0.3, -0.25) is 0 Å². The van der Waals surface area contributed by atoms with Crippen molar-refractivity contribution in [2.45, 2.75) is 44.4 Å². The molecule has 1 aromatic carbocycles. The normalized spacial score (nSPS) is 20.5. The van der Waals surface area contributed by atoms with E-state index in [9.17, 15) is 0 Å². The van der Waals surface area contributed by atoms with Gasteiger partial charge in [-0.25, -0.2) is 0 Å². The first-order valence-corrected chi connectivity index (χ1v) is 7.29. The van der Waals surface area contributed by atoms with Crippen LogP contribution >= 0.6 is 0 Å². The Bertz CT molecular complexity index is 421. The molecular weight excluding hydrogens is 222 g/mol. The smallest absolute Gasteiger partial charge is 0.125 e. The van der Waals surface area contributed by atoms with Crippen LogP contribution < -0.4 is 10.1 Å². The molecule has 2 nitrogen and oxygen atoms in total. The van der Waals surface area contributed by atoms with E-state index >= 15 is 0 Å². The summed E-state index contributed by atoms with van der Waals surface area (Å²) in [5, 5.41) is 3.44. The summed E-state index contributed by atoms with van der Waals surface area (Å²) >= 11 is 0.